The lowest BCUT2D eigenvalue weighted by Crippen LogP contribution is -2.44. The summed E-state index contributed by atoms with van der Waals surface area (Å²) in [5, 5.41) is 13.9. The molecule has 0 aliphatic carbocycles. The number of hydrogen-bond donors (Lipinski definition) is 3. The van der Waals surface area contributed by atoms with Crippen LogP contribution < -0.4 is 10.6 Å². The van der Waals surface area contributed by atoms with E-state index in [1.165, 1.54) is 24.3 Å². The maximum atomic E-state index is 13.2. The predicted octanol–water partition coefficient (Wildman–Crippen LogP) is 6.59. The average molecular weight is 587 g/mol. The number of carbonyl (C=O) groups is 2. The Balaban J connectivity index is 2.05. The molecule has 210 valence electrons. The van der Waals surface area contributed by atoms with Crippen LogP contribution in [-0.4, -0.2) is 28.1 Å². The molecule has 1 aromatic heterocycles. The number of hydrogen-bond acceptors (Lipinski definition) is 7. The van der Waals surface area contributed by atoms with Crippen molar-refractivity contribution < 1.29 is 58.9 Å². The molecule has 1 unspecified atom stereocenters. The number of carbonyl (C=O) groups excluding carboxylic acids is 2. The second-order valence-corrected chi connectivity index (χ2v) is 8.83. The SMILES string of the molecule is CC(OC(=O)C(F)(F)F)(C(=O)Nc1ccccc1)c1sc(Nc2cc(C(F)(F)F)cc(C(F)(F)F)c2)nc1O. The first-order valence-corrected chi connectivity index (χ1v) is 11.1. The van der Waals surface area contributed by atoms with Crippen LogP contribution in [-0.2, 0) is 32.3 Å². The number of aromatic hydroxyl groups is 1. The Bertz CT molecular complexity index is 1340. The van der Waals surface area contributed by atoms with Crippen molar-refractivity contribution in [3.05, 3.63) is 64.5 Å². The van der Waals surface area contributed by atoms with E-state index in [4.69, 9.17) is 0 Å². The molecule has 0 aliphatic rings. The summed E-state index contributed by atoms with van der Waals surface area (Å²) in [5.41, 5.74) is -7.04. The van der Waals surface area contributed by atoms with Gasteiger partial charge in [-0.2, -0.15) is 44.5 Å². The number of nitrogens with one attached hydrogen (secondary N) is 2. The lowest BCUT2D eigenvalue weighted by molar-refractivity contribution is -0.213. The van der Waals surface area contributed by atoms with Gasteiger partial charge in [0.25, 0.3) is 5.91 Å². The van der Waals surface area contributed by atoms with Gasteiger partial charge < -0.3 is 20.5 Å². The molecule has 3 rings (SSSR count). The number of esters is 1. The maximum Gasteiger partial charge on any atom is 0.490 e. The zero-order valence-electron chi connectivity index (χ0n) is 19.0. The third-order valence-corrected chi connectivity index (χ3v) is 6.04. The molecule has 3 aromatic rings. The number of thiazole rings is 1. The van der Waals surface area contributed by atoms with Gasteiger partial charge in [0, 0.05) is 11.4 Å². The number of nitrogens with zero attached hydrogens (tertiary/aromatic N) is 1. The molecule has 17 heteroatoms. The molecule has 3 N–H and O–H groups in total. The Morgan fingerprint density at radius 3 is 1.90 bits per heavy atom. The Morgan fingerprint density at radius 2 is 1.41 bits per heavy atom. The molecule has 1 atom stereocenters. The van der Waals surface area contributed by atoms with Crippen molar-refractivity contribution >= 4 is 39.7 Å². The normalized spacial score (nSPS) is 13.9. The van der Waals surface area contributed by atoms with Crippen molar-refractivity contribution in [1.29, 1.82) is 0 Å². The predicted molar refractivity (Wildman–Crippen MR) is 118 cm³/mol. The van der Waals surface area contributed by atoms with Gasteiger partial charge in [0.05, 0.1) is 11.1 Å². The summed E-state index contributed by atoms with van der Waals surface area (Å²) in [6.07, 6.45) is -16.0. The Labute approximate surface area is 216 Å². The molecule has 39 heavy (non-hydrogen) atoms. The number of anilines is 3. The maximum absolute atomic E-state index is 13.2. The first kappa shape index (κ1) is 29.5. The van der Waals surface area contributed by atoms with Crippen molar-refractivity contribution in [1.82, 2.24) is 4.98 Å². The molecular weight excluding hydrogens is 573 g/mol. The summed E-state index contributed by atoms with van der Waals surface area (Å²) in [5.74, 6) is -5.41. The lowest BCUT2D eigenvalue weighted by atomic mass is 10.0. The van der Waals surface area contributed by atoms with E-state index in [2.05, 4.69) is 20.4 Å². The molecule has 1 heterocycles. The van der Waals surface area contributed by atoms with E-state index < -0.39 is 68.7 Å². The Morgan fingerprint density at radius 1 is 0.872 bits per heavy atom. The first-order valence-electron chi connectivity index (χ1n) is 10.2. The van der Waals surface area contributed by atoms with Gasteiger partial charge in [0.2, 0.25) is 11.5 Å². The van der Waals surface area contributed by atoms with Gasteiger partial charge in [-0.25, -0.2) is 4.79 Å². The lowest BCUT2D eigenvalue weighted by Gasteiger charge is -2.27. The Kier molecular flexibility index (Phi) is 7.78. The van der Waals surface area contributed by atoms with Gasteiger partial charge in [-0.3, -0.25) is 4.79 Å². The summed E-state index contributed by atoms with van der Waals surface area (Å²) >= 11 is 0.139. The number of amides is 1. The third-order valence-electron chi connectivity index (χ3n) is 4.87. The number of benzene rings is 2. The van der Waals surface area contributed by atoms with E-state index in [0.717, 1.165) is 0 Å². The van der Waals surface area contributed by atoms with Crippen LogP contribution in [0.1, 0.15) is 22.9 Å². The highest BCUT2D eigenvalue weighted by atomic mass is 32.1. The molecule has 0 bridgehead atoms. The molecule has 7 nitrogen and oxygen atoms in total. The molecule has 2 aromatic carbocycles. The van der Waals surface area contributed by atoms with Gasteiger partial charge in [-0.15, -0.1) is 0 Å². The van der Waals surface area contributed by atoms with E-state index in [9.17, 15) is 54.2 Å². The summed E-state index contributed by atoms with van der Waals surface area (Å²) in [7, 11) is 0. The van der Waals surface area contributed by atoms with E-state index in [1.807, 2.05) is 0 Å². The quantitative estimate of drug-likeness (QED) is 0.222. The topological polar surface area (TPSA) is 101 Å². The molecule has 0 aliphatic heterocycles. The molecule has 0 radical (unpaired) electrons. The number of alkyl halides is 9. The van der Waals surface area contributed by atoms with Gasteiger partial charge in [-0.1, -0.05) is 29.5 Å². The van der Waals surface area contributed by atoms with Gasteiger partial charge >= 0.3 is 24.5 Å². The molecular formula is C22H14F9N3O4S. The standard InChI is InChI=1S/C22H14F9N3O4S/c1-19(38-17(37)22(29,30)31,16(36)32-12-5-3-2-4-6-12)14-15(35)34-18(39-14)33-13-8-10(20(23,24)25)7-11(9-13)21(26,27)28/h2-9,35H,1H3,(H,32,36)(H,33,34). The van der Waals surface area contributed by atoms with Crippen LogP contribution in [0.15, 0.2) is 48.5 Å². The summed E-state index contributed by atoms with van der Waals surface area (Å²) < 4.78 is 122. The van der Waals surface area contributed by atoms with E-state index in [1.54, 1.807) is 6.07 Å². The fraction of sp³-hybridized carbons (Fsp3) is 0.227. The molecule has 0 spiro atoms. The highest BCUT2D eigenvalue weighted by Gasteiger charge is 2.51. The summed E-state index contributed by atoms with van der Waals surface area (Å²) in [4.78, 5) is 27.2. The zero-order chi connectivity index (χ0) is 29.4. The highest BCUT2D eigenvalue weighted by molar-refractivity contribution is 7.16. The molecule has 0 fully saturated rings. The van der Waals surface area contributed by atoms with Crippen LogP contribution in [0.5, 0.6) is 5.88 Å². The first-order chi connectivity index (χ1) is 17.8. The van der Waals surface area contributed by atoms with Crippen LogP contribution in [0.3, 0.4) is 0 Å². The van der Waals surface area contributed by atoms with Crippen molar-refractivity contribution in [2.24, 2.45) is 0 Å². The number of rotatable bonds is 6. The minimum Gasteiger partial charge on any atom is -0.492 e. The fourth-order valence-corrected chi connectivity index (χ4v) is 4.00. The van der Waals surface area contributed by atoms with Crippen LogP contribution in [0.4, 0.5) is 56.0 Å². The minimum absolute atomic E-state index is 0.0442. The average Bonchev–Trinajstić information content (AvgIpc) is 3.18. The van der Waals surface area contributed by atoms with Crippen LogP contribution in [0.25, 0.3) is 0 Å². The molecule has 0 saturated carbocycles. The van der Waals surface area contributed by atoms with E-state index >= 15 is 0 Å². The van der Waals surface area contributed by atoms with E-state index in [-0.39, 0.29) is 23.1 Å². The fourth-order valence-electron chi connectivity index (χ4n) is 3.04. The van der Waals surface area contributed by atoms with Crippen molar-refractivity contribution in [3.8, 4) is 5.88 Å². The van der Waals surface area contributed by atoms with Gasteiger partial charge in [0.15, 0.2) is 5.13 Å². The smallest absolute Gasteiger partial charge is 0.490 e. The van der Waals surface area contributed by atoms with E-state index in [0.29, 0.717) is 19.1 Å². The number of halogens is 9. The second kappa shape index (κ2) is 10.3. The monoisotopic (exact) mass is 587 g/mol. The summed E-state index contributed by atoms with van der Waals surface area (Å²) in [6.45, 7) is 0.679. The van der Waals surface area contributed by atoms with Crippen molar-refractivity contribution in [2.75, 3.05) is 10.6 Å². The largest absolute Gasteiger partial charge is 0.492 e. The number of ether oxygens (including phenoxy) is 1. The van der Waals surface area contributed by atoms with Crippen molar-refractivity contribution in [2.45, 2.75) is 31.1 Å². The van der Waals surface area contributed by atoms with Gasteiger partial charge in [-0.05, 0) is 37.3 Å². The minimum atomic E-state index is -5.58. The highest BCUT2D eigenvalue weighted by Crippen LogP contribution is 2.43. The molecule has 0 saturated heterocycles. The van der Waals surface area contributed by atoms with Crippen LogP contribution in [0, 0.1) is 0 Å². The molecule has 1 amide bonds. The second-order valence-electron chi connectivity index (χ2n) is 7.83. The zero-order valence-corrected chi connectivity index (χ0v) is 19.9. The number of para-hydroxylation sites is 1. The van der Waals surface area contributed by atoms with Crippen LogP contribution in [0.2, 0.25) is 0 Å². The van der Waals surface area contributed by atoms with Crippen molar-refractivity contribution in [3.63, 3.8) is 0 Å². The third kappa shape index (κ3) is 6.90. The number of aromatic nitrogens is 1. The summed E-state index contributed by atoms with van der Waals surface area (Å²) in [6, 6.07) is 7.54. The Hall–Kier alpha value is -4.02. The van der Waals surface area contributed by atoms with Crippen LogP contribution >= 0.6 is 11.3 Å². The van der Waals surface area contributed by atoms with Gasteiger partial charge in [0.1, 0.15) is 4.88 Å².